The quantitative estimate of drug-likeness (QED) is 0.456. The van der Waals surface area contributed by atoms with Crippen molar-refractivity contribution in [3.05, 3.63) is 58.6 Å². The number of rotatable bonds is 5. The molecule has 0 aliphatic rings. The van der Waals surface area contributed by atoms with E-state index in [1.54, 1.807) is 56.7 Å². The third-order valence-electron chi connectivity index (χ3n) is 2.85. The number of benzene rings is 2. The zero-order valence-electron chi connectivity index (χ0n) is 12.2. The van der Waals surface area contributed by atoms with Crippen molar-refractivity contribution in [1.82, 2.24) is 0 Å². The van der Waals surface area contributed by atoms with E-state index in [-0.39, 0.29) is 0 Å². The molecule has 0 radical (unpaired) electrons. The van der Waals surface area contributed by atoms with Gasteiger partial charge in [0.25, 0.3) is 0 Å². The first-order chi connectivity index (χ1) is 10.6. The van der Waals surface area contributed by atoms with Crippen molar-refractivity contribution in [2.75, 3.05) is 14.2 Å². The van der Waals surface area contributed by atoms with Gasteiger partial charge in [-0.15, -0.1) is 0 Å². The minimum Gasteiger partial charge on any atom is -0.493 e. The molecule has 0 amide bonds. The summed E-state index contributed by atoms with van der Waals surface area (Å²) in [4.78, 5) is 11.8. The van der Waals surface area contributed by atoms with Gasteiger partial charge in [-0.2, -0.15) is 0 Å². The molecule has 0 bridgehead atoms. The highest BCUT2D eigenvalue weighted by molar-refractivity contribution is 9.10. The monoisotopic (exact) mass is 362 g/mol. The van der Waals surface area contributed by atoms with E-state index in [2.05, 4.69) is 15.9 Å². The van der Waals surface area contributed by atoms with E-state index >= 15 is 0 Å². The standard InChI is InChI=1S/C17H15BrO4/c1-20-15-9-3-12(11-16(15)21-2)4-10-17(19)22-14-7-5-13(18)6-8-14/h3-11H,1-2H3/b10-4+. The van der Waals surface area contributed by atoms with E-state index in [0.717, 1.165) is 10.0 Å². The van der Waals surface area contributed by atoms with Gasteiger partial charge in [0.1, 0.15) is 5.75 Å². The van der Waals surface area contributed by atoms with Crippen LogP contribution in [0.3, 0.4) is 0 Å². The van der Waals surface area contributed by atoms with Crippen molar-refractivity contribution in [3.8, 4) is 17.2 Å². The van der Waals surface area contributed by atoms with E-state index < -0.39 is 5.97 Å². The summed E-state index contributed by atoms with van der Waals surface area (Å²) in [5, 5.41) is 0. The Labute approximate surface area is 137 Å². The fraction of sp³-hybridized carbons (Fsp3) is 0.118. The summed E-state index contributed by atoms with van der Waals surface area (Å²) < 4.78 is 16.5. The first-order valence-corrected chi connectivity index (χ1v) is 7.29. The molecule has 0 saturated heterocycles. The van der Waals surface area contributed by atoms with Crippen LogP contribution in [0.5, 0.6) is 17.2 Å². The molecule has 2 aromatic rings. The fourth-order valence-electron chi connectivity index (χ4n) is 1.77. The highest BCUT2D eigenvalue weighted by atomic mass is 79.9. The third-order valence-corrected chi connectivity index (χ3v) is 3.38. The SMILES string of the molecule is COc1ccc(/C=C/C(=O)Oc2ccc(Br)cc2)cc1OC. The molecule has 0 aliphatic heterocycles. The van der Waals surface area contributed by atoms with Crippen molar-refractivity contribution in [2.24, 2.45) is 0 Å². The molecule has 22 heavy (non-hydrogen) atoms. The van der Waals surface area contributed by atoms with Gasteiger partial charge < -0.3 is 14.2 Å². The summed E-state index contributed by atoms with van der Waals surface area (Å²) in [6.45, 7) is 0. The van der Waals surface area contributed by atoms with E-state index in [4.69, 9.17) is 14.2 Å². The Morgan fingerprint density at radius 2 is 1.68 bits per heavy atom. The second kappa shape index (κ2) is 7.66. The minimum absolute atomic E-state index is 0.447. The minimum atomic E-state index is -0.447. The van der Waals surface area contributed by atoms with Crippen LogP contribution in [-0.4, -0.2) is 20.2 Å². The molecule has 0 aromatic heterocycles. The van der Waals surface area contributed by atoms with Crippen LogP contribution >= 0.6 is 15.9 Å². The molecule has 114 valence electrons. The Balaban J connectivity index is 2.04. The van der Waals surface area contributed by atoms with Gasteiger partial charge in [0, 0.05) is 10.5 Å². The molecule has 0 saturated carbocycles. The van der Waals surface area contributed by atoms with Gasteiger partial charge in [0.05, 0.1) is 14.2 Å². The predicted molar refractivity (Wildman–Crippen MR) is 88.4 cm³/mol. The normalized spacial score (nSPS) is 10.5. The first-order valence-electron chi connectivity index (χ1n) is 6.50. The fourth-order valence-corrected chi connectivity index (χ4v) is 2.04. The number of hydrogen-bond acceptors (Lipinski definition) is 4. The van der Waals surface area contributed by atoms with Crippen molar-refractivity contribution >= 4 is 28.0 Å². The number of carbonyl (C=O) groups is 1. The molecule has 4 nitrogen and oxygen atoms in total. The van der Waals surface area contributed by atoms with Crippen LogP contribution in [0.15, 0.2) is 53.0 Å². The lowest BCUT2D eigenvalue weighted by Crippen LogP contribution is -2.03. The molecular weight excluding hydrogens is 348 g/mol. The molecule has 0 unspecified atom stereocenters. The second-order valence-electron chi connectivity index (χ2n) is 4.32. The maximum atomic E-state index is 11.8. The third kappa shape index (κ3) is 4.36. The van der Waals surface area contributed by atoms with Crippen molar-refractivity contribution < 1.29 is 19.0 Å². The molecule has 0 heterocycles. The Hall–Kier alpha value is -2.27. The molecule has 0 atom stereocenters. The summed E-state index contributed by atoms with van der Waals surface area (Å²) in [6.07, 6.45) is 3.02. The van der Waals surface area contributed by atoms with Crippen LogP contribution in [0.1, 0.15) is 5.56 Å². The number of methoxy groups -OCH3 is 2. The van der Waals surface area contributed by atoms with Crippen LogP contribution in [0.2, 0.25) is 0 Å². The maximum Gasteiger partial charge on any atom is 0.336 e. The van der Waals surface area contributed by atoms with Crippen LogP contribution in [0, 0.1) is 0 Å². The van der Waals surface area contributed by atoms with E-state index in [0.29, 0.717) is 17.2 Å². The van der Waals surface area contributed by atoms with Gasteiger partial charge in [-0.3, -0.25) is 0 Å². The van der Waals surface area contributed by atoms with Gasteiger partial charge in [-0.05, 0) is 48.0 Å². The number of hydrogen-bond donors (Lipinski definition) is 0. The molecule has 0 aliphatic carbocycles. The van der Waals surface area contributed by atoms with Gasteiger partial charge >= 0.3 is 5.97 Å². The Morgan fingerprint density at radius 3 is 2.32 bits per heavy atom. The average Bonchev–Trinajstić information content (AvgIpc) is 2.54. The van der Waals surface area contributed by atoms with Crippen molar-refractivity contribution in [2.45, 2.75) is 0 Å². The number of carbonyl (C=O) groups excluding carboxylic acids is 1. The summed E-state index contributed by atoms with van der Waals surface area (Å²) >= 11 is 3.32. The number of halogens is 1. The zero-order valence-corrected chi connectivity index (χ0v) is 13.8. The van der Waals surface area contributed by atoms with E-state index in [9.17, 15) is 4.79 Å². The van der Waals surface area contributed by atoms with Gasteiger partial charge in [-0.1, -0.05) is 22.0 Å². The Kier molecular flexibility index (Phi) is 5.61. The lowest BCUT2D eigenvalue weighted by atomic mass is 10.2. The topological polar surface area (TPSA) is 44.8 Å². The number of esters is 1. The Bertz CT molecular complexity index is 678. The Morgan fingerprint density at radius 1 is 1.00 bits per heavy atom. The van der Waals surface area contributed by atoms with Crippen LogP contribution in [-0.2, 0) is 4.79 Å². The lowest BCUT2D eigenvalue weighted by molar-refractivity contribution is -0.128. The van der Waals surface area contributed by atoms with E-state index in [1.165, 1.54) is 6.08 Å². The highest BCUT2D eigenvalue weighted by Crippen LogP contribution is 2.28. The zero-order chi connectivity index (χ0) is 15.9. The summed E-state index contributed by atoms with van der Waals surface area (Å²) in [6, 6.07) is 12.4. The summed E-state index contributed by atoms with van der Waals surface area (Å²) in [5.74, 6) is 1.28. The van der Waals surface area contributed by atoms with Crippen LogP contribution in [0.4, 0.5) is 0 Å². The van der Waals surface area contributed by atoms with Crippen LogP contribution < -0.4 is 14.2 Å². The largest absolute Gasteiger partial charge is 0.493 e. The maximum absolute atomic E-state index is 11.8. The van der Waals surface area contributed by atoms with E-state index in [1.807, 2.05) is 6.07 Å². The molecule has 0 spiro atoms. The highest BCUT2D eigenvalue weighted by Gasteiger charge is 2.04. The van der Waals surface area contributed by atoms with Crippen molar-refractivity contribution in [1.29, 1.82) is 0 Å². The predicted octanol–water partition coefficient (Wildman–Crippen LogP) is 4.09. The number of ether oxygens (including phenoxy) is 3. The van der Waals surface area contributed by atoms with Crippen LogP contribution in [0.25, 0.3) is 6.08 Å². The summed E-state index contributed by atoms with van der Waals surface area (Å²) in [5.41, 5.74) is 0.811. The second-order valence-corrected chi connectivity index (χ2v) is 5.24. The molecule has 0 N–H and O–H groups in total. The molecule has 0 fully saturated rings. The molecule has 2 rings (SSSR count). The van der Waals surface area contributed by atoms with Gasteiger partial charge in [0.2, 0.25) is 0 Å². The van der Waals surface area contributed by atoms with Gasteiger partial charge in [0.15, 0.2) is 11.5 Å². The molecular formula is C17H15BrO4. The molecule has 2 aromatic carbocycles. The smallest absolute Gasteiger partial charge is 0.336 e. The molecule has 5 heteroatoms. The lowest BCUT2D eigenvalue weighted by Gasteiger charge is -2.07. The first kappa shape index (κ1) is 16.1. The van der Waals surface area contributed by atoms with Gasteiger partial charge in [-0.25, -0.2) is 4.79 Å². The van der Waals surface area contributed by atoms with Crippen molar-refractivity contribution in [3.63, 3.8) is 0 Å². The average molecular weight is 363 g/mol. The summed E-state index contributed by atoms with van der Waals surface area (Å²) in [7, 11) is 3.14.